The number of amides is 1. The molecule has 5 nitrogen and oxygen atoms in total. The van der Waals surface area contributed by atoms with Crippen molar-refractivity contribution in [2.24, 2.45) is 0 Å². The molecule has 0 spiro atoms. The Hall–Kier alpha value is -1.52. The van der Waals surface area contributed by atoms with Gasteiger partial charge in [0.15, 0.2) is 11.9 Å². The summed E-state index contributed by atoms with van der Waals surface area (Å²) in [4.78, 5) is 11.6. The van der Waals surface area contributed by atoms with Crippen LogP contribution in [0.1, 0.15) is 40.7 Å². The minimum atomic E-state index is -0.512. The molecular formula is C12H21N3O2. The van der Waals surface area contributed by atoms with Crippen LogP contribution in [0, 0.1) is 0 Å². The van der Waals surface area contributed by atoms with Crippen LogP contribution in [0.15, 0.2) is 12.4 Å². The van der Waals surface area contributed by atoms with Crippen molar-refractivity contribution >= 4 is 5.91 Å². The number of nitrogens with zero attached hydrogens (tertiary/aromatic N) is 2. The Morgan fingerprint density at radius 1 is 1.35 bits per heavy atom. The van der Waals surface area contributed by atoms with E-state index in [-0.39, 0.29) is 18.0 Å². The molecular weight excluding hydrogens is 218 g/mol. The van der Waals surface area contributed by atoms with Gasteiger partial charge in [-0.05, 0) is 34.6 Å². The number of hydrogen-bond acceptors (Lipinski definition) is 3. The lowest BCUT2D eigenvalue weighted by Crippen LogP contribution is -2.39. The van der Waals surface area contributed by atoms with Gasteiger partial charge >= 0.3 is 0 Å². The van der Waals surface area contributed by atoms with E-state index in [9.17, 15) is 4.79 Å². The maximum Gasteiger partial charge on any atom is 0.260 e. The molecule has 0 aliphatic heterocycles. The summed E-state index contributed by atoms with van der Waals surface area (Å²) < 4.78 is 7.31. The first-order valence-corrected chi connectivity index (χ1v) is 5.91. The van der Waals surface area contributed by atoms with Gasteiger partial charge in [-0.2, -0.15) is 5.10 Å². The average molecular weight is 239 g/mol. The van der Waals surface area contributed by atoms with Crippen molar-refractivity contribution < 1.29 is 9.53 Å². The van der Waals surface area contributed by atoms with E-state index in [4.69, 9.17) is 4.74 Å². The summed E-state index contributed by atoms with van der Waals surface area (Å²) in [5.74, 6) is 0.502. The molecule has 0 aliphatic carbocycles. The highest BCUT2D eigenvalue weighted by Gasteiger charge is 2.16. The zero-order valence-electron chi connectivity index (χ0n) is 11.1. The Morgan fingerprint density at radius 3 is 2.47 bits per heavy atom. The van der Waals surface area contributed by atoms with Gasteiger partial charge in [-0.1, -0.05) is 0 Å². The molecule has 17 heavy (non-hydrogen) atoms. The molecule has 1 N–H and O–H groups in total. The summed E-state index contributed by atoms with van der Waals surface area (Å²) in [7, 11) is 0. The molecule has 0 saturated carbocycles. The molecule has 1 aromatic heterocycles. The summed E-state index contributed by atoms with van der Waals surface area (Å²) in [6.45, 7) is 9.63. The Balaban J connectivity index is 2.55. The molecule has 1 heterocycles. The van der Waals surface area contributed by atoms with Crippen LogP contribution in [-0.4, -0.2) is 27.8 Å². The van der Waals surface area contributed by atoms with E-state index >= 15 is 0 Å². The SMILES string of the molecule is CC(C)NC(=O)C(C)Oc1cnn(C(C)C)c1. The fraction of sp³-hybridized carbons (Fsp3) is 0.667. The smallest absolute Gasteiger partial charge is 0.260 e. The monoisotopic (exact) mass is 239 g/mol. The van der Waals surface area contributed by atoms with Gasteiger partial charge in [0.1, 0.15) is 0 Å². The molecule has 0 radical (unpaired) electrons. The second kappa shape index (κ2) is 5.70. The van der Waals surface area contributed by atoms with E-state index in [1.54, 1.807) is 24.0 Å². The largest absolute Gasteiger partial charge is 0.478 e. The third-order valence-electron chi connectivity index (χ3n) is 2.22. The predicted molar refractivity (Wildman–Crippen MR) is 66.0 cm³/mol. The van der Waals surface area contributed by atoms with Crippen LogP contribution < -0.4 is 10.1 Å². The number of rotatable bonds is 5. The molecule has 96 valence electrons. The second-order valence-electron chi connectivity index (χ2n) is 4.67. The number of ether oxygens (including phenoxy) is 1. The van der Waals surface area contributed by atoms with E-state index in [1.807, 2.05) is 27.7 Å². The highest BCUT2D eigenvalue weighted by molar-refractivity contribution is 5.80. The molecule has 1 amide bonds. The number of aromatic nitrogens is 2. The Labute approximate surface area is 102 Å². The third kappa shape index (κ3) is 4.09. The summed E-state index contributed by atoms with van der Waals surface area (Å²) >= 11 is 0. The summed E-state index contributed by atoms with van der Waals surface area (Å²) in [6, 6.07) is 0.402. The molecule has 1 rings (SSSR count). The van der Waals surface area contributed by atoms with Gasteiger partial charge in [-0.3, -0.25) is 9.48 Å². The minimum absolute atomic E-state index is 0.114. The Morgan fingerprint density at radius 2 is 2.00 bits per heavy atom. The topological polar surface area (TPSA) is 56.1 Å². The van der Waals surface area contributed by atoms with Gasteiger partial charge in [0.25, 0.3) is 5.91 Å². The normalized spacial score (nSPS) is 12.9. The highest BCUT2D eigenvalue weighted by Crippen LogP contribution is 2.14. The van der Waals surface area contributed by atoms with Crippen molar-refractivity contribution in [3.63, 3.8) is 0 Å². The van der Waals surface area contributed by atoms with Crippen LogP contribution in [0.3, 0.4) is 0 Å². The van der Waals surface area contributed by atoms with Crippen LogP contribution in [0.5, 0.6) is 5.75 Å². The first kappa shape index (κ1) is 13.5. The van der Waals surface area contributed by atoms with Gasteiger partial charge in [0, 0.05) is 12.1 Å². The lowest BCUT2D eigenvalue weighted by Gasteiger charge is -2.15. The molecule has 5 heteroatoms. The number of nitrogens with one attached hydrogen (secondary N) is 1. The van der Waals surface area contributed by atoms with Crippen LogP contribution in [0.4, 0.5) is 0 Å². The van der Waals surface area contributed by atoms with Crippen molar-refractivity contribution in [1.29, 1.82) is 0 Å². The van der Waals surface area contributed by atoms with Crippen molar-refractivity contribution in [3.05, 3.63) is 12.4 Å². The fourth-order valence-electron chi connectivity index (χ4n) is 1.32. The van der Waals surface area contributed by atoms with Crippen molar-refractivity contribution in [2.45, 2.75) is 52.8 Å². The second-order valence-corrected chi connectivity index (χ2v) is 4.67. The number of carbonyl (C=O) groups excluding carboxylic acids is 1. The third-order valence-corrected chi connectivity index (χ3v) is 2.22. The molecule has 1 unspecified atom stereocenters. The van der Waals surface area contributed by atoms with Crippen LogP contribution in [-0.2, 0) is 4.79 Å². The van der Waals surface area contributed by atoms with Crippen molar-refractivity contribution in [3.8, 4) is 5.75 Å². The first-order chi connectivity index (χ1) is 7.90. The van der Waals surface area contributed by atoms with E-state index in [0.717, 1.165) is 0 Å². The molecule has 0 aliphatic rings. The fourth-order valence-corrected chi connectivity index (χ4v) is 1.32. The molecule has 0 saturated heterocycles. The Bertz CT molecular complexity index is 372. The lowest BCUT2D eigenvalue weighted by atomic mass is 10.3. The zero-order chi connectivity index (χ0) is 13.0. The molecule has 0 fully saturated rings. The maximum atomic E-state index is 11.6. The first-order valence-electron chi connectivity index (χ1n) is 5.91. The van der Waals surface area contributed by atoms with E-state index in [1.165, 1.54) is 0 Å². The summed E-state index contributed by atoms with van der Waals surface area (Å²) in [5.41, 5.74) is 0. The maximum absolute atomic E-state index is 11.6. The van der Waals surface area contributed by atoms with Gasteiger partial charge in [-0.25, -0.2) is 0 Å². The van der Waals surface area contributed by atoms with Crippen LogP contribution in [0.2, 0.25) is 0 Å². The van der Waals surface area contributed by atoms with Crippen LogP contribution >= 0.6 is 0 Å². The summed E-state index contributed by atoms with van der Waals surface area (Å²) in [5, 5.41) is 6.95. The quantitative estimate of drug-likeness (QED) is 0.851. The van der Waals surface area contributed by atoms with Gasteiger partial charge in [0.2, 0.25) is 0 Å². The zero-order valence-corrected chi connectivity index (χ0v) is 11.1. The van der Waals surface area contributed by atoms with Gasteiger partial charge in [0.05, 0.1) is 12.4 Å². The van der Waals surface area contributed by atoms with Crippen LogP contribution in [0.25, 0.3) is 0 Å². The summed E-state index contributed by atoms with van der Waals surface area (Å²) in [6.07, 6.45) is 2.91. The van der Waals surface area contributed by atoms with Gasteiger partial charge in [-0.15, -0.1) is 0 Å². The molecule has 1 atom stereocenters. The average Bonchev–Trinajstić information content (AvgIpc) is 2.65. The molecule has 0 bridgehead atoms. The predicted octanol–water partition coefficient (Wildman–Crippen LogP) is 1.76. The van der Waals surface area contributed by atoms with Crippen molar-refractivity contribution in [2.75, 3.05) is 0 Å². The molecule has 1 aromatic rings. The molecule has 0 aromatic carbocycles. The number of carbonyl (C=O) groups is 1. The minimum Gasteiger partial charge on any atom is -0.478 e. The number of hydrogen-bond donors (Lipinski definition) is 1. The Kier molecular flexibility index (Phi) is 4.54. The van der Waals surface area contributed by atoms with E-state index in [0.29, 0.717) is 5.75 Å². The van der Waals surface area contributed by atoms with E-state index in [2.05, 4.69) is 10.4 Å². The van der Waals surface area contributed by atoms with E-state index < -0.39 is 6.10 Å². The standard InChI is InChI=1S/C12H21N3O2/c1-8(2)14-12(16)10(5)17-11-6-13-15(7-11)9(3)4/h6-10H,1-5H3,(H,14,16). The van der Waals surface area contributed by atoms with Gasteiger partial charge < -0.3 is 10.1 Å². The highest BCUT2D eigenvalue weighted by atomic mass is 16.5. The lowest BCUT2D eigenvalue weighted by molar-refractivity contribution is -0.127. The van der Waals surface area contributed by atoms with Crippen molar-refractivity contribution in [1.82, 2.24) is 15.1 Å².